The van der Waals surface area contributed by atoms with E-state index >= 15 is 0 Å². The predicted octanol–water partition coefficient (Wildman–Crippen LogP) is 4.35. The number of aromatic nitrogens is 2. The largest absolute Gasteiger partial charge is 0.384 e. The number of hydrogen-bond acceptors (Lipinski definition) is 4. The summed E-state index contributed by atoms with van der Waals surface area (Å²) in [5.74, 6) is 0.485. The molecule has 2 unspecified atom stereocenters. The number of carbonyl (C=O) groups is 1. The molecular formula is C24H27N5O. The van der Waals surface area contributed by atoms with Crippen LogP contribution in [0.15, 0.2) is 54.9 Å². The molecule has 2 aromatic carbocycles. The van der Waals surface area contributed by atoms with Crippen LogP contribution >= 0.6 is 0 Å². The molecule has 1 amide bonds. The first-order valence-electron chi connectivity index (χ1n) is 10.3. The van der Waals surface area contributed by atoms with Gasteiger partial charge in [0.05, 0.1) is 6.20 Å². The highest BCUT2D eigenvalue weighted by atomic mass is 16.2. The number of nitrogens with one attached hydrogen (secondary N) is 3. The van der Waals surface area contributed by atoms with Gasteiger partial charge in [-0.1, -0.05) is 23.8 Å². The number of aromatic amines is 1. The van der Waals surface area contributed by atoms with Crippen LogP contribution in [0.2, 0.25) is 0 Å². The number of anilines is 1. The van der Waals surface area contributed by atoms with Crippen LogP contribution in [0.5, 0.6) is 0 Å². The van der Waals surface area contributed by atoms with Crippen LogP contribution in [0, 0.1) is 18.3 Å². The second-order valence-electron chi connectivity index (χ2n) is 8.09. The van der Waals surface area contributed by atoms with Gasteiger partial charge in [-0.3, -0.25) is 9.89 Å². The minimum atomic E-state index is 0.110. The van der Waals surface area contributed by atoms with Crippen LogP contribution in [0.1, 0.15) is 34.8 Å². The summed E-state index contributed by atoms with van der Waals surface area (Å²) in [6.07, 6.45) is 5.96. The van der Waals surface area contributed by atoms with Crippen molar-refractivity contribution >= 4 is 17.8 Å². The Labute approximate surface area is 176 Å². The number of amides is 1. The number of rotatable bonds is 6. The molecule has 2 atom stereocenters. The zero-order valence-corrected chi connectivity index (χ0v) is 17.4. The quantitative estimate of drug-likeness (QED) is 0.537. The average molecular weight is 402 g/mol. The number of aryl methyl sites for hydroxylation is 1. The summed E-state index contributed by atoms with van der Waals surface area (Å²) in [5.41, 5.74) is 5.66. The summed E-state index contributed by atoms with van der Waals surface area (Å²) in [6, 6.07) is 14.1. The molecule has 1 aliphatic rings. The van der Waals surface area contributed by atoms with Crippen molar-refractivity contribution < 1.29 is 4.79 Å². The Morgan fingerprint density at radius 1 is 1.30 bits per heavy atom. The van der Waals surface area contributed by atoms with E-state index in [0.717, 1.165) is 53.0 Å². The third-order valence-corrected chi connectivity index (χ3v) is 5.81. The fraction of sp³-hybridized carbons (Fsp3) is 0.292. The van der Waals surface area contributed by atoms with Crippen molar-refractivity contribution in [3.05, 3.63) is 71.5 Å². The van der Waals surface area contributed by atoms with E-state index in [1.807, 2.05) is 60.5 Å². The van der Waals surface area contributed by atoms with Crippen LogP contribution in [0.4, 0.5) is 5.69 Å². The average Bonchev–Trinajstić information content (AvgIpc) is 3.41. The third-order valence-electron chi connectivity index (χ3n) is 5.81. The summed E-state index contributed by atoms with van der Waals surface area (Å²) in [6.45, 7) is 5.65. The summed E-state index contributed by atoms with van der Waals surface area (Å²) in [4.78, 5) is 14.9. The number of H-pyrrole nitrogens is 1. The van der Waals surface area contributed by atoms with E-state index in [-0.39, 0.29) is 11.9 Å². The number of carbonyl (C=O) groups excluding carboxylic acids is 1. The van der Waals surface area contributed by atoms with E-state index in [4.69, 9.17) is 5.41 Å². The van der Waals surface area contributed by atoms with Crippen LogP contribution < -0.4 is 5.32 Å². The second-order valence-corrected chi connectivity index (χ2v) is 8.09. The highest BCUT2D eigenvalue weighted by molar-refractivity contribution is 5.94. The lowest BCUT2D eigenvalue weighted by molar-refractivity contribution is 0.0743. The van der Waals surface area contributed by atoms with Gasteiger partial charge >= 0.3 is 0 Å². The fourth-order valence-electron chi connectivity index (χ4n) is 4.20. The lowest BCUT2D eigenvalue weighted by atomic mass is 10.0. The molecule has 2 heterocycles. The zero-order valence-electron chi connectivity index (χ0n) is 17.4. The second kappa shape index (κ2) is 8.53. The lowest BCUT2D eigenvalue weighted by Crippen LogP contribution is -2.34. The Morgan fingerprint density at radius 3 is 2.90 bits per heavy atom. The van der Waals surface area contributed by atoms with Gasteiger partial charge in [-0.2, -0.15) is 5.10 Å². The highest BCUT2D eigenvalue weighted by Gasteiger charge is 2.32. The number of hydrogen-bond donors (Lipinski definition) is 3. The van der Waals surface area contributed by atoms with E-state index in [1.165, 1.54) is 6.21 Å². The first-order chi connectivity index (χ1) is 14.5. The molecule has 30 heavy (non-hydrogen) atoms. The highest BCUT2D eigenvalue weighted by Crippen LogP contribution is 2.27. The van der Waals surface area contributed by atoms with E-state index in [0.29, 0.717) is 5.92 Å². The summed E-state index contributed by atoms with van der Waals surface area (Å²) in [7, 11) is 0. The van der Waals surface area contributed by atoms with E-state index < -0.39 is 0 Å². The van der Waals surface area contributed by atoms with Crippen LogP contribution in [-0.4, -0.2) is 46.4 Å². The van der Waals surface area contributed by atoms with Crippen molar-refractivity contribution in [2.75, 3.05) is 18.4 Å². The predicted molar refractivity (Wildman–Crippen MR) is 120 cm³/mol. The molecule has 3 N–H and O–H groups in total. The van der Waals surface area contributed by atoms with Crippen LogP contribution in [-0.2, 0) is 0 Å². The maximum atomic E-state index is 12.9. The van der Waals surface area contributed by atoms with Crippen molar-refractivity contribution in [1.29, 1.82) is 5.41 Å². The molecule has 0 aliphatic carbocycles. The number of nitrogens with zero attached hydrogens (tertiary/aromatic N) is 2. The summed E-state index contributed by atoms with van der Waals surface area (Å²) >= 11 is 0. The summed E-state index contributed by atoms with van der Waals surface area (Å²) < 4.78 is 0. The van der Waals surface area contributed by atoms with Crippen molar-refractivity contribution in [2.24, 2.45) is 5.92 Å². The van der Waals surface area contributed by atoms with Crippen molar-refractivity contribution in [3.8, 4) is 11.1 Å². The van der Waals surface area contributed by atoms with Gasteiger partial charge in [0.2, 0.25) is 0 Å². The van der Waals surface area contributed by atoms with Gasteiger partial charge in [-0.05, 0) is 56.0 Å². The SMILES string of the molecule is Cc1cccc(C(=O)N2CC(CNc3ccc(-c4cn[nH]c4)cc3C=N)CC2C)c1. The smallest absolute Gasteiger partial charge is 0.254 e. The maximum absolute atomic E-state index is 12.9. The van der Waals surface area contributed by atoms with Gasteiger partial charge in [0, 0.05) is 53.9 Å². The standard InChI is InChI=1S/C24H27N5O/c1-16-4-3-5-20(8-16)24(30)29-15-18(9-17(29)2)12-26-23-7-6-19(10-21(23)11-25)22-13-27-28-14-22/h3-8,10-11,13-14,17-18,25-26H,9,12,15H2,1-2H3,(H,27,28). The van der Waals surface area contributed by atoms with Gasteiger partial charge in [0.15, 0.2) is 0 Å². The Morgan fingerprint density at radius 2 is 2.17 bits per heavy atom. The summed E-state index contributed by atoms with van der Waals surface area (Å²) in [5, 5.41) is 18.1. The Balaban J connectivity index is 1.41. The zero-order chi connectivity index (χ0) is 21.1. The van der Waals surface area contributed by atoms with Gasteiger partial charge in [0.25, 0.3) is 5.91 Å². The van der Waals surface area contributed by atoms with Crippen LogP contribution in [0.3, 0.4) is 0 Å². The van der Waals surface area contributed by atoms with Crippen molar-refractivity contribution in [3.63, 3.8) is 0 Å². The van der Waals surface area contributed by atoms with Gasteiger partial charge in [-0.15, -0.1) is 0 Å². The minimum Gasteiger partial charge on any atom is -0.384 e. The third kappa shape index (κ3) is 4.13. The van der Waals surface area contributed by atoms with Gasteiger partial charge < -0.3 is 15.6 Å². The lowest BCUT2D eigenvalue weighted by Gasteiger charge is -2.22. The molecule has 0 spiro atoms. The van der Waals surface area contributed by atoms with E-state index in [9.17, 15) is 4.79 Å². The Hall–Kier alpha value is -3.41. The molecule has 1 saturated heterocycles. The van der Waals surface area contributed by atoms with E-state index in [2.05, 4.69) is 22.4 Å². The van der Waals surface area contributed by atoms with Crippen molar-refractivity contribution in [1.82, 2.24) is 15.1 Å². The molecule has 1 fully saturated rings. The van der Waals surface area contributed by atoms with Crippen LogP contribution in [0.25, 0.3) is 11.1 Å². The minimum absolute atomic E-state index is 0.110. The molecule has 3 aromatic rings. The molecule has 0 radical (unpaired) electrons. The molecule has 1 aliphatic heterocycles. The Bertz CT molecular complexity index is 1040. The Kier molecular flexibility index (Phi) is 5.65. The fourth-order valence-corrected chi connectivity index (χ4v) is 4.20. The molecule has 6 nitrogen and oxygen atoms in total. The van der Waals surface area contributed by atoms with Gasteiger partial charge in [-0.25, -0.2) is 0 Å². The van der Waals surface area contributed by atoms with Crippen molar-refractivity contribution in [2.45, 2.75) is 26.3 Å². The first kappa shape index (κ1) is 19.9. The molecule has 6 heteroatoms. The maximum Gasteiger partial charge on any atom is 0.254 e. The molecule has 1 aromatic heterocycles. The number of likely N-dealkylation sites (tertiary alicyclic amines) is 1. The monoisotopic (exact) mass is 401 g/mol. The molecular weight excluding hydrogens is 374 g/mol. The topological polar surface area (TPSA) is 84.9 Å². The molecule has 4 rings (SSSR count). The normalized spacial score (nSPS) is 18.4. The molecule has 0 bridgehead atoms. The van der Waals surface area contributed by atoms with E-state index in [1.54, 1.807) is 6.20 Å². The number of benzene rings is 2. The molecule has 154 valence electrons. The molecule has 0 saturated carbocycles. The first-order valence-corrected chi connectivity index (χ1v) is 10.3. The van der Waals surface area contributed by atoms with Gasteiger partial charge in [0.1, 0.15) is 0 Å².